The van der Waals surface area contributed by atoms with Crippen LogP contribution in [0.1, 0.15) is 38.7 Å². The molecule has 98 valence electrons. The Bertz CT molecular complexity index is 485. The predicted molar refractivity (Wildman–Crippen MR) is 78.8 cm³/mol. The van der Waals surface area contributed by atoms with Crippen LogP contribution < -0.4 is 5.32 Å². The zero-order valence-electron chi connectivity index (χ0n) is 11.6. The minimum Gasteiger partial charge on any atom is -0.347 e. The smallest absolute Gasteiger partial charge is 0.0483 e. The van der Waals surface area contributed by atoms with Gasteiger partial charge in [0.25, 0.3) is 0 Å². The standard InChI is InChI=1S/C16H24N2/c1-3-5-10-18-11-8-15-7-6-14(12-16(15)18)13-17-9-4-2/h6-8,11-12,17H,3-5,9-10,13H2,1-2H3. The molecule has 0 unspecified atom stereocenters. The summed E-state index contributed by atoms with van der Waals surface area (Å²) in [6.07, 6.45) is 5.90. The first-order chi connectivity index (χ1) is 8.85. The summed E-state index contributed by atoms with van der Waals surface area (Å²) < 4.78 is 2.38. The van der Waals surface area contributed by atoms with Gasteiger partial charge in [-0.1, -0.05) is 32.4 Å². The van der Waals surface area contributed by atoms with E-state index in [1.54, 1.807) is 0 Å². The van der Waals surface area contributed by atoms with E-state index in [1.807, 2.05) is 0 Å². The average Bonchev–Trinajstić information content (AvgIpc) is 2.79. The fourth-order valence-corrected chi connectivity index (χ4v) is 2.27. The second kappa shape index (κ2) is 6.60. The number of nitrogens with zero attached hydrogens (tertiary/aromatic N) is 1. The third kappa shape index (κ3) is 3.14. The summed E-state index contributed by atoms with van der Waals surface area (Å²) in [5.41, 5.74) is 2.76. The second-order valence-corrected chi connectivity index (χ2v) is 4.93. The molecule has 1 aromatic heterocycles. The number of unbranched alkanes of at least 4 members (excludes halogenated alkanes) is 1. The molecule has 1 heterocycles. The van der Waals surface area contributed by atoms with Gasteiger partial charge < -0.3 is 9.88 Å². The van der Waals surface area contributed by atoms with Crippen molar-refractivity contribution in [2.75, 3.05) is 6.54 Å². The predicted octanol–water partition coefficient (Wildman–Crippen LogP) is 3.94. The highest BCUT2D eigenvalue weighted by atomic mass is 14.9. The molecular formula is C16H24N2. The van der Waals surface area contributed by atoms with Gasteiger partial charge >= 0.3 is 0 Å². The maximum absolute atomic E-state index is 3.46. The molecule has 0 saturated carbocycles. The van der Waals surface area contributed by atoms with Crippen LogP contribution in [0, 0.1) is 0 Å². The summed E-state index contributed by atoms with van der Waals surface area (Å²) in [5.74, 6) is 0. The monoisotopic (exact) mass is 244 g/mol. The number of aryl methyl sites for hydroxylation is 1. The third-order valence-corrected chi connectivity index (χ3v) is 3.35. The van der Waals surface area contributed by atoms with E-state index in [-0.39, 0.29) is 0 Å². The number of benzene rings is 1. The fraction of sp³-hybridized carbons (Fsp3) is 0.500. The van der Waals surface area contributed by atoms with Crippen molar-refractivity contribution < 1.29 is 0 Å². The Morgan fingerprint density at radius 2 is 2.00 bits per heavy atom. The van der Waals surface area contributed by atoms with Crippen molar-refractivity contribution in [3.63, 3.8) is 0 Å². The highest BCUT2D eigenvalue weighted by molar-refractivity contribution is 5.80. The van der Waals surface area contributed by atoms with Crippen LogP contribution in [-0.4, -0.2) is 11.1 Å². The van der Waals surface area contributed by atoms with E-state index < -0.39 is 0 Å². The Kier molecular flexibility index (Phi) is 4.82. The molecule has 0 fully saturated rings. The SMILES string of the molecule is CCCCn1ccc2ccc(CNCCC)cc21. The van der Waals surface area contributed by atoms with Crippen molar-refractivity contribution in [3.8, 4) is 0 Å². The lowest BCUT2D eigenvalue weighted by molar-refractivity contribution is 0.649. The zero-order chi connectivity index (χ0) is 12.8. The largest absolute Gasteiger partial charge is 0.347 e. The topological polar surface area (TPSA) is 17.0 Å². The molecule has 0 aliphatic carbocycles. The van der Waals surface area contributed by atoms with E-state index in [9.17, 15) is 0 Å². The van der Waals surface area contributed by atoms with E-state index in [1.165, 1.54) is 35.7 Å². The van der Waals surface area contributed by atoms with Gasteiger partial charge in [-0.3, -0.25) is 0 Å². The minimum atomic E-state index is 0.975. The Balaban J connectivity index is 2.14. The van der Waals surface area contributed by atoms with E-state index >= 15 is 0 Å². The normalized spacial score (nSPS) is 11.2. The molecule has 0 spiro atoms. The number of fused-ring (bicyclic) bond motifs is 1. The summed E-state index contributed by atoms with van der Waals surface area (Å²) in [6, 6.07) is 9.01. The van der Waals surface area contributed by atoms with Crippen LogP contribution in [0.25, 0.3) is 10.9 Å². The number of aromatic nitrogens is 1. The van der Waals surface area contributed by atoms with Gasteiger partial charge in [-0.25, -0.2) is 0 Å². The first-order valence-corrected chi connectivity index (χ1v) is 7.13. The van der Waals surface area contributed by atoms with Crippen molar-refractivity contribution in [2.45, 2.75) is 46.2 Å². The number of rotatable bonds is 7. The summed E-state index contributed by atoms with van der Waals surface area (Å²) in [4.78, 5) is 0. The van der Waals surface area contributed by atoms with Crippen LogP contribution >= 0.6 is 0 Å². The lowest BCUT2D eigenvalue weighted by atomic mass is 10.1. The summed E-state index contributed by atoms with van der Waals surface area (Å²) in [7, 11) is 0. The summed E-state index contributed by atoms with van der Waals surface area (Å²) in [6.45, 7) is 7.64. The van der Waals surface area contributed by atoms with Crippen molar-refractivity contribution >= 4 is 10.9 Å². The highest BCUT2D eigenvalue weighted by Gasteiger charge is 2.02. The number of hydrogen-bond donors (Lipinski definition) is 1. The van der Waals surface area contributed by atoms with Crippen LogP contribution in [0.4, 0.5) is 0 Å². The molecule has 0 bridgehead atoms. The number of nitrogens with one attached hydrogen (secondary N) is 1. The molecule has 0 aliphatic rings. The third-order valence-electron chi connectivity index (χ3n) is 3.35. The van der Waals surface area contributed by atoms with Crippen molar-refractivity contribution in [1.82, 2.24) is 9.88 Å². The molecule has 18 heavy (non-hydrogen) atoms. The molecule has 1 aromatic carbocycles. The first-order valence-electron chi connectivity index (χ1n) is 7.13. The van der Waals surface area contributed by atoms with Gasteiger partial charge in [-0.15, -0.1) is 0 Å². The maximum Gasteiger partial charge on any atom is 0.0483 e. The molecular weight excluding hydrogens is 220 g/mol. The van der Waals surface area contributed by atoms with Crippen LogP contribution in [0.2, 0.25) is 0 Å². The molecule has 0 radical (unpaired) electrons. The summed E-state index contributed by atoms with van der Waals surface area (Å²) in [5, 5.41) is 4.81. The van der Waals surface area contributed by atoms with Crippen molar-refractivity contribution in [2.24, 2.45) is 0 Å². The van der Waals surface area contributed by atoms with E-state index in [0.29, 0.717) is 0 Å². The van der Waals surface area contributed by atoms with Crippen molar-refractivity contribution in [1.29, 1.82) is 0 Å². The van der Waals surface area contributed by atoms with Crippen LogP contribution in [-0.2, 0) is 13.1 Å². The molecule has 0 amide bonds. The van der Waals surface area contributed by atoms with Gasteiger partial charge in [0.1, 0.15) is 0 Å². The quantitative estimate of drug-likeness (QED) is 0.730. The Labute approximate surface area is 110 Å². The maximum atomic E-state index is 3.46. The zero-order valence-corrected chi connectivity index (χ0v) is 11.6. The van der Waals surface area contributed by atoms with Gasteiger partial charge in [0.15, 0.2) is 0 Å². The van der Waals surface area contributed by atoms with E-state index in [2.05, 4.69) is 54.2 Å². The molecule has 0 saturated heterocycles. The first kappa shape index (κ1) is 13.2. The van der Waals surface area contributed by atoms with E-state index in [4.69, 9.17) is 0 Å². The van der Waals surface area contributed by atoms with Gasteiger partial charge in [-0.2, -0.15) is 0 Å². The van der Waals surface area contributed by atoms with Gasteiger partial charge in [0.05, 0.1) is 0 Å². The minimum absolute atomic E-state index is 0.975. The van der Waals surface area contributed by atoms with Gasteiger partial charge in [-0.05, 0) is 42.5 Å². The fourth-order valence-electron chi connectivity index (χ4n) is 2.27. The lowest BCUT2D eigenvalue weighted by Crippen LogP contribution is -2.13. The Hall–Kier alpha value is -1.28. The lowest BCUT2D eigenvalue weighted by Gasteiger charge is -2.07. The number of hydrogen-bond acceptors (Lipinski definition) is 1. The molecule has 2 rings (SSSR count). The highest BCUT2D eigenvalue weighted by Crippen LogP contribution is 2.18. The molecule has 2 nitrogen and oxygen atoms in total. The van der Waals surface area contributed by atoms with Crippen molar-refractivity contribution in [3.05, 3.63) is 36.0 Å². The summed E-state index contributed by atoms with van der Waals surface area (Å²) >= 11 is 0. The molecule has 0 aliphatic heterocycles. The van der Waals surface area contributed by atoms with Crippen LogP contribution in [0.3, 0.4) is 0 Å². The van der Waals surface area contributed by atoms with E-state index in [0.717, 1.165) is 19.6 Å². The van der Waals surface area contributed by atoms with Crippen LogP contribution in [0.15, 0.2) is 30.5 Å². The average molecular weight is 244 g/mol. The van der Waals surface area contributed by atoms with Crippen LogP contribution in [0.5, 0.6) is 0 Å². The molecule has 0 atom stereocenters. The van der Waals surface area contributed by atoms with Gasteiger partial charge in [0.2, 0.25) is 0 Å². The molecule has 2 aromatic rings. The Morgan fingerprint density at radius 3 is 2.78 bits per heavy atom. The second-order valence-electron chi connectivity index (χ2n) is 4.93. The molecule has 2 heteroatoms. The molecule has 1 N–H and O–H groups in total. The Morgan fingerprint density at radius 1 is 1.11 bits per heavy atom. The van der Waals surface area contributed by atoms with Gasteiger partial charge in [0, 0.05) is 24.8 Å².